The Balaban J connectivity index is 1.28. The lowest BCUT2D eigenvalue weighted by molar-refractivity contribution is 1.08. The molecule has 234 valence electrons. The molecule has 0 amide bonds. The number of fused-ring (bicyclic) bond motifs is 7. The van der Waals surface area contributed by atoms with E-state index in [9.17, 15) is 0 Å². The Kier molecular flexibility index (Phi) is 4.89. The van der Waals surface area contributed by atoms with E-state index >= 15 is 0 Å². The van der Waals surface area contributed by atoms with Gasteiger partial charge in [0.1, 0.15) is 5.69 Å². The zero-order chi connectivity index (χ0) is 32.9. The predicted octanol–water partition coefficient (Wildman–Crippen LogP) is 13.4. The van der Waals surface area contributed by atoms with E-state index < -0.39 is 0 Å². The lowest BCUT2D eigenvalue weighted by Crippen LogP contribution is -2.04. The summed E-state index contributed by atoms with van der Waals surface area (Å²) >= 11 is 3.73. The van der Waals surface area contributed by atoms with Crippen molar-refractivity contribution in [3.8, 4) is 28.2 Å². The second-order valence-corrected chi connectivity index (χ2v) is 15.8. The van der Waals surface area contributed by atoms with E-state index in [1.54, 1.807) is 0 Å². The highest BCUT2D eigenvalue weighted by Crippen LogP contribution is 2.52. The fourth-order valence-electron chi connectivity index (χ4n) is 9.04. The van der Waals surface area contributed by atoms with Gasteiger partial charge in [-0.2, -0.15) is 0 Å². The highest BCUT2D eigenvalue weighted by Gasteiger charge is 2.28. The maximum Gasteiger partial charge on any atom is 0.165 e. The van der Waals surface area contributed by atoms with Crippen LogP contribution in [0.3, 0.4) is 0 Å². The van der Waals surface area contributed by atoms with Crippen molar-refractivity contribution in [1.29, 1.82) is 0 Å². The second kappa shape index (κ2) is 9.34. The molecule has 0 atom stereocenters. The van der Waals surface area contributed by atoms with Gasteiger partial charge in [0.25, 0.3) is 0 Å². The molecule has 0 aliphatic heterocycles. The van der Waals surface area contributed by atoms with Gasteiger partial charge in [-0.15, -0.1) is 22.7 Å². The maximum absolute atomic E-state index is 5.72. The molecule has 0 fully saturated rings. The van der Waals surface area contributed by atoms with Crippen molar-refractivity contribution >= 4 is 117 Å². The average molecular weight is 682 g/mol. The van der Waals surface area contributed by atoms with Crippen LogP contribution in [-0.2, 0) is 0 Å². The van der Waals surface area contributed by atoms with Gasteiger partial charge >= 0.3 is 0 Å². The van der Waals surface area contributed by atoms with E-state index in [4.69, 9.17) is 9.97 Å². The summed E-state index contributed by atoms with van der Waals surface area (Å²) < 4.78 is 7.61. The molecule has 12 aromatic rings. The van der Waals surface area contributed by atoms with Crippen molar-refractivity contribution in [2.45, 2.75) is 0 Å². The van der Waals surface area contributed by atoms with Crippen LogP contribution in [0.1, 0.15) is 0 Å². The number of benzene rings is 8. The van der Waals surface area contributed by atoms with E-state index in [1.165, 1.54) is 73.0 Å². The van der Waals surface area contributed by atoms with Crippen LogP contribution in [0.25, 0.3) is 123 Å². The molecule has 1 aliphatic rings. The summed E-state index contributed by atoms with van der Waals surface area (Å²) in [5, 5.41) is 12.6. The Morgan fingerprint density at radius 2 is 1.02 bits per heavy atom. The third-order valence-corrected chi connectivity index (χ3v) is 13.4. The van der Waals surface area contributed by atoms with E-state index in [0.717, 1.165) is 49.9 Å². The minimum atomic E-state index is 0.859. The molecule has 1 aliphatic carbocycles. The van der Waals surface area contributed by atoms with Crippen molar-refractivity contribution in [2.75, 3.05) is 0 Å². The summed E-state index contributed by atoms with van der Waals surface area (Å²) in [6.45, 7) is 0. The molecule has 5 heteroatoms. The summed E-state index contributed by atoms with van der Waals surface area (Å²) in [6.07, 6.45) is 0. The topological polar surface area (TPSA) is 30.7 Å². The van der Waals surface area contributed by atoms with Gasteiger partial charge in [-0.1, -0.05) is 97.1 Å². The molecule has 4 aromatic heterocycles. The first-order chi connectivity index (χ1) is 25.3. The largest absolute Gasteiger partial charge is 0.292 e. The zero-order valence-corrected chi connectivity index (χ0v) is 28.6. The molecule has 4 heterocycles. The van der Waals surface area contributed by atoms with Crippen molar-refractivity contribution in [2.24, 2.45) is 0 Å². The van der Waals surface area contributed by atoms with Gasteiger partial charge in [-0.05, 0) is 69.8 Å². The first-order valence-electron chi connectivity index (χ1n) is 17.3. The minimum absolute atomic E-state index is 0.859. The van der Waals surface area contributed by atoms with E-state index in [2.05, 4.69) is 144 Å². The Morgan fingerprint density at radius 1 is 0.392 bits per heavy atom. The molecule has 0 saturated carbocycles. The van der Waals surface area contributed by atoms with E-state index in [1.807, 2.05) is 22.7 Å². The molecule has 51 heavy (non-hydrogen) atoms. The maximum atomic E-state index is 5.72. The highest BCUT2D eigenvalue weighted by molar-refractivity contribution is 7.26. The van der Waals surface area contributed by atoms with Gasteiger partial charge in [0.2, 0.25) is 0 Å². The zero-order valence-electron chi connectivity index (χ0n) is 26.9. The summed E-state index contributed by atoms with van der Waals surface area (Å²) in [4.78, 5) is 11.3. The average Bonchev–Trinajstić information content (AvgIpc) is 3.83. The molecule has 0 saturated heterocycles. The van der Waals surface area contributed by atoms with E-state index in [-0.39, 0.29) is 0 Å². The fourth-order valence-corrected chi connectivity index (χ4v) is 11.3. The van der Waals surface area contributed by atoms with Crippen LogP contribution in [0.4, 0.5) is 0 Å². The van der Waals surface area contributed by atoms with Crippen LogP contribution in [0.2, 0.25) is 0 Å². The van der Waals surface area contributed by atoms with Gasteiger partial charge in [-0.3, -0.25) is 4.57 Å². The third kappa shape index (κ3) is 3.29. The Morgan fingerprint density at radius 3 is 1.92 bits per heavy atom. The Labute approximate surface area is 298 Å². The molecule has 8 aromatic carbocycles. The standard InChI is InChI=1S/C46H23N3S2/c1-2-10-26-24(8-1)18-20-31-44(26)48-46(45(47-31)30-14-7-16-35-39(30)29-11-3-4-15-34(29)50-35)49-32-21-19-25-9-5-12-27-28-13-6-17-36-40(28)43-37(51-36)23-22-33(49)42(43)41(32)38(25)27/h1-23H. The summed E-state index contributed by atoms with van der Waals surface area (Å²) in [5.41, 5.74) is 8.75. The van der Waals surface area contributed by atoms with E-state index in [0.29, 0.717) is 0 Å². The third-order valence-electron chi connectivity index (χ3n) is 11.1. The van der Waals surface area contributed by atoms with Gasteiger partial charge in [0.05, 0.1) is 22.1 Å². The van der Waals surface area contributed by atoms with Crippen molar-refractivity contribution < 1.29 is 0 Å². The smallest absolute Gasteiger partial charge is 0.165 e. The number of nitrogens with zero attached hydrogens (tertiary/aromatic N) is 3. The summed E-state index contributed by atoms with van der Waals surface area (Å²) in [5.74, 6) is 0.859. The van der Waals surface area contributed by atoms with Crippen LogP contribution in [0.5, 0.6) is 0 Å². The Hall–Kier alpha value is -6.14. The molecule has 0 radical (unpaired) electrons. The molecular weight excluding hydrogens is 659 g/mol. The van der Waals surface area contributed by atoms with Crippen LogP contribution >= 0.6 is 22.7 Å². The summed E-state index contributed by atoms with van der Waals surface area (Å²) in [7, 11) is 0. The fraction of sp³-hybridized carbons (Fsp3) is 0. The van der Waals surface area contributed by atoms with Crippen LogP contribution in [0.15, 0.2) is 140 Å². The normalized spacial score (nSPS) is 12.7. The molecule has 13 rings (SSSR count). The van der Waals surface area contributed by atoms with Gasteiger partial charge in [-0.25, -0.2) is 9.97 Å². The first kappa shape index (κ1) is 26.7. The van der Waals surface area contributed by atoms with Crippen LogP contribution in [-0.4, -0.2) is 14.5 Å². The van der Waals surface area contributed by atoms with Gasteiger partial charge in [0, 0.05) is 62.1 Å². The predicted molar refractivity (Wildman–Crippen MR) is 219 cm³/mol. The van der Waals surface area contributed by atoms with Crippen molar-refractivity contribution in [3.63, 3.8) is 0 Å². The summed E-state index contributed by atoms with van der Waals surface area (Å²) in [6, 6.07) is 51.1. The number of hydrogen-bond donors (Lipinski definition) is 0. The second-order valence-electron chi connectivity index (χ2n) is 13.6. The number of rotatable bonds is 2. The van der Waals surface area contributed by atoms with Crippen LogP contribution in [0, 0.1) is 0 Å². The monoisotopic (exact) mass is 681 g/mol. The van der Waals surface area contributed by atoms with Crippen LogP contribution < -0.4 is 0 Å². The number of aromatic nitrogens is 3. The van der Waals surface area contributed by atoms with Crippen molar-refractivity contribution in [1.82, 2.24) is 14.5 Å². The SMILES string of the molecule is c1ccc2c(c1)ccc1nc(-c3cccc4sc5ccccc5c34)c(-n3c4ccc5cccc6c5c4c4c5c(ccc43)sc3cccc-6c35)nc12. The highest BCUT2D eigenvalue weighted by atomic mass is 32.1. The van der Waals surface area contributed by atoms with Gasteiger partial charge in [0.15, 0.2) is 5.82 Å². The minimum Gasteiger partial charge on any atom is -0.292 e. The molecule has 0 unspecified atom stereocenters. The lowest BCUT2D eigenvalue weighted by atomic mass is 9.95. The Bertz CT molecular complexity index is 3550. The first-order valence-corrected chi connectivity index (χ1v) is 18.9. The van der Waals surface area contributed by atoms with Crippen molar-refractivity contribution in [3.05, 3.63) is 140 Å². The number of hydrogen-bond acceptors (Lipinski definition) is 4. The van der Waals surface area contributed by atoms with Gasteiger partial charge < -0.3 is 0 Å². The quantitative estimate of drug-likeness (QED) is 0.170. The molecular formula is C46H23N3S2. The molecule has 3 nitrogen and oxygen atoms in total. The number of thiophene rings is 2. The molecule has 0 spiro atoms. The molecule has 0 N–H and O–H groups in total. The lowest BCUT2D eigenvalue weighted by Gasteiger charge is -2.16. The molecule has 0 bridgehead atoms.